The molecule has 1 aromatic heterocycles. The zero-order valence-electron chi connectivity index (χ0n) is 18.8. The fraction of sp³-hybridized carbons (Fsp3) is 0.400. The third kappa shape index (κ3) is 5.17. The van der Waals surface area contributed by atoms with Gasteiger partial charge in [0.05, 0.1) is 19.8 Å². The molecule has 0 amide bonds. The lowest BCUT2D eigenvalue weighted by Gasteiger charge is -2.42. The SMILES string of the molecule is COc1ccc(N2CCN(CC(=O)c3ncn[nH]3)[C@@H](Cc3ccccc3)C2)cc1OC1CC1. The van der Waals surface area contributed by atoms with Crippen molar-refractivity contribution in [2.45, 2.75) is 31.4 Å². The summed E-state index contributed by atoms with van der Waals surface area (Å²) in [7, 11) is 1.68. The van der Waals surface area contributed by atoms with Crippen LogP contribution in [0.1, 0.15) is 29.0 Å². The number of hydrogen-bond acceptors (Lipinski definition) is 7. The van der Waals surface area contributed by atoms with Crippen LogP contribution >= 0.6 is 0 Å². The number of H-pyrrole nitrogens is 1. The van der Waals surface area contributed by atoms with E-state index in [0.717, 1.165) is 56.1 Å². The van der Waals surface area contributed by atoms with E-state index in [-0.39, 0.29) is 11.8 Å². The van der Waals surface area contributed by atoms with Crippen LogP contribution in [0.3, 0.4) is 0 Å². The van der Waals surface area contributed by atoms with E-state index >= 15 is 0 Å². The number of benzene rings is 2. The lowest BCUT2D eigenvalue weighted by Crippen LogP contribution is -2.55. The van der Waals surface area contributed by atoms with Crippen molar-refractivity contribution in [2.24, 2.45) is 0 Å². The maximum Gasteiger partial charge on any atom is 0.213 e. The fourth-order valence-electron chi connectivity index (χ4n) is 4.33. The lowest BCUT2D eigenvalue weighted by atomic mass is 10.0. The number of nitrogens with one attached hydrogen (secondary N) is 1. The molecule has 1 aliphatic carbocycles. The van der Waals surface area contributed by atoms with Gasteiger partial charge in [0.1, 0.15) is 6.33 Å². The van der Waals surface area contributed by atoms with Gasteiger partial charge in [-0.15, -0.1) is 0 Å². The van der Waals surface area contributed by atoms with E-state index in [1.807, 2.05) is 12.1 Å². The molecule has 33 heavy (non-hydrogen) atoms. The van der Waals surface area contributed by atoms with E-state index in [2.05, 4.69) is 61.4 Å². The van der Waals surface area contributed by atoms with Gasteiger partial charge in [-0.05, 0) is 37.0 Å². The van der Waals surface area contributed by atoms with Gasteiger partial charge in [-0.2, -0.15) is 5.10 Å². The monoisotopic (exact) mass is 447 g/mol. The van der Waals surface area contributed by atoms with Gasteiger partial charge in [0.2, 0.25) is 5.78 Å². The molecule has 2 aromatic carbocycles. The predicted octanol–water partition coefficient (Wildman–Crippen LogP) is 2.97. The maximum atomic E-state index is 12.7. The second-order valence-corrected chi connectivity index (χ2v) is 8.67. The minimum absolute atomic E-state index is 0.0384. The Morgan fingerprint density at radius 1 is 1.12 bits per heavy atom. The van der Waals surface area contributed by atoms with Crippen LogP contribution in [0.2, 0.25) is 0 Å². The Morgan fingerprint density at radius 2 is 1.97 bits per heavy atom. The Balaban J connectivity index is 1.35. The van der Waals surface area contributed by atoms with Crippen molar-refractivity contribution in [2.75, 3.05) is 38.2 Å². The number of methoxy groups -OCH3 is 1. The van der Waals surface area contributed by atoms with Gasteiger partial charge in [0.15, 0.2) is 17.3 Å². The van der Waals surface area contributed by atoms with Crippen LogP contribution in [0.15, 0.2) is 54.9 Å². The summed E-state index contributed by atoms with van der Waals surface area (Å²) in [5.74, 6) is 1.85. The van der Waals surface area contributed by atoms with Gasteiger partial charge in [-0.3, -0.25) is 14.8 Å². The van der Waals surface area contributed by atoms with Gasteiger partial charge >= 0.3 is 0 Å². The van der Waals surface area contributed by atoms with E-state index in [0.29, 0.717) is 18.5 Å². The van der Waals surface area contributed by atoms with E-state index in [1.165, 1.54) is 11.9 Å². The van der Waals surface area contributed by atoms with Crippen molar-refractivity contribution >= 4 is 11.5 Å². The van der Waals surface area contributed by atoms with Crippen LogP contribution in [0.25, 0.3) is 0 Å². The topological polar surface area (TPSA) is 83.6 Å². The molecule has 8 heteroatoms. The number of carbonyl (C=O) groups excluding carboxylic acids is 1. The smallest absolute Gasteiger partial charge is 0.213 e. The number of piperazine rings is 1. The Kier molecular flexibility index (Phi) is 6.26. The second-order valence-electron chi connectivity index (χ2n) is 8.67. The standard InChI is InChI=1S/C25H29N5O3/c1-32-23-10-7-19(14-24(23)33-21-8-9-21)29-11-12-30(16-22(31)25-26-17-27-28-25)20(15-29)13-18-5-3-2-4-6-18/h2-7,10,14,17,20-21H,8-9,11-13,15-16H2,1H3,(H,26,27,28)/t20-/m0/s1. The highest BCUT2D eigenvalue weighted by atomic mass is 16.5. The first-order chi connectivity index (χ1) is 16.2. The highest BCUT2D eigenvalue weighted by Gasteiger charge is 2.30. The third-order valence-corrected chi connectivity index (χ3v) is 6.28. The van der Waals surface area contributed by atoms with Crippen LogP contribution < -0.4 is 14.4 Å². The van der Waals surface area contributed by atoms with Gasteiger partial charge in [0, 0.05) is 37.4 Å². The average Bonchev–Trinajstić information content (AvgIpc) is 3.48. The molecule has 0 bridgehead atoms. The van der Waals surface area contributed by atoms with Crippen LogP contribution in [-0.2, 0) is 6.42 Å². The van der Waals surface area contributed by atoms with E-state index in [1.54, 1.807) is 7.11 Å². The van der Waals surface area contributed by atoms with Crippen LogP contribution in [-0.4, -0.2) is 71.3 Å². The first-order valence-electron chi connectivity index (χ1n) is 11.5. The van der Waals surface area contributed by atoms with Crippen LogP contribution in [0.5, 0.6) is 11.5 Å². The maximum absolute atomic E-state index is 12.7. The highest BCUT2D eigenvalue weighted by Crippen LogP contribution is 2.37. The molecule has 1 saturated heterocycles. The quantitative estimate of drug-likeness (QED) is 0.505. The summed E-state index contributed by atoms with van der Waals surface area (Å²) >= 11 is 0. The van der Waals surface area contributed by atoms with Gasteiger partial charge < -0.3 is 14.4 Å². The number of nitrogens with zero attached hydrogens (tertiary/aromatic N) is 4. The highest BCUT2D eigenvalue weighted by molar-refractivity contribution is 5.94. The number of anilines is 1. The van der Waals surface area contributed by atoms with E-state index < -0.39 is 0 Å². The molecule has 172 valence electrons. The van der Waals surface area contributed by atoms with Gasteiger partial charge in [0.25, 0.3) is 0 Å². The molecule has 2 fully saturated rings. The van der Waals surface area contributed by atoms with Crippen molar-refractivity contribution in [1.29, 1.82) is 0 Å². The molecule has 0 radical (unpaired) electrons. The summed E-state index contributed by atoms with van der Waals surface area (Å²) in [6.07, 6.45) is 4.74. The molecule has 1 saturated carbocycles. The van der Waals surface area contributed by atoms with E-state index in [4.69, 9.17) is 9.47 Å². The van der Waals surface area contributed by atoms with Gasteiger partial charge in [-0.25, -0.2) is 4.98 Å². The molecule has 5 rings (SSSR count). The minimum Gasteiger partial charge on any atom is -0.493 e. The second kappa shape index (κ2) is 9.62. The van der Waals surface area contributed by atoms with Crippen LogP contribution in [0, 0.1) is 0 Å². The number of rotatable bonds is 9. The van der Waals surface area contributed by atoms with E-state index in [9.17, 15) is 4.79 Å². The normalized spacial score (nSPS) is 18.8. The first kappa shape index (κ1) is 21.5. The number of aromatic nitrogens is 3. The summed E-state index contributed by atoms with van der Waals surface area (Å²) in [6.45, 7) is 2.74. The number of hydrogen-bond donors (Lipinski definition) is 1. The van der Waals surface area contributed by atoms with Crippen molar-refractivity contribution in [3.05, 3.63) is 66.2 Å². The molecule has 2 aliphatic rings. The molecule has 1 N–H and O–H groups in total. The number of ether oxygens (including phenoxy) is 2. The Hall–Kier alpha value is -3.39. The van der Waals surface area contributed by atoms with Crippen molar-refractivity contribution in [3.8, 4) is 11.5 Å². The zero-order chi connectivity index (χ0) is 22.6. The molecule has 1 aliphatic heterocycles. The number of Topliss-reactive ketones (excluding diaryl/α,β-unsaturated/α-hetero) is 1. The molecule has 0 spiro atoms. The molecule has 2 heterocycles. The third-order valence-electron chi connectivity index (χ3n) is 6.28. The van der Waals surface area contributed by atoms with Crippen molar-refractivity contribution in [3.63, 3.8) is 0 Å². The molecular weight excluding hydrogens is 418 g/mol. The Bertz CT molecular complexity index is 1070. The molecular formula is C25H29N5O3. The largest absolute Gasteiger partial charge is 0.493 e. The molecule has 8 nitrogen and oxygen atoms in total. The lowest BCUT2D eigenvalue weighted by molar-refractivity contribution is 0.0865. The summed E-state index contributed by atoms with van der Waals surface area (Å²) in [5.41, 5.74) is 2.37. The van der Waals surface area contributed by atoms with Crippen molar-refractivity contribution < 1.29 is 14.3 Å². The Morgan fingerprint density at radius 3 is 2.70 bits per heavy atom. The molecule has 0 unspecified atom stereocenters. The minimum atomic E-state index is -0.0384. The Labute approximate surface area is 193 Å². The summed E-state index contributed by atoms with van der Waals surface area (Å²) in [5, 5.41) is 6.51. The van der Waals surface area contributed by atoms with Crippen molar-refractivity contribution in [1.82, 2.24) is 20.1 Å². The molecule has 3 aromatic rings. The predicted molar refractivity (Wildman–Crippen MR) is 125 cm³/mol. The summed E-state index contributed by atoms with van der Waals surface area (Å²) in [4.78, 5) is 21.4. The average molecular weight is 448 g/mol. The summed E-state index contributed by atoms with van der Waals surface area (Å²) < 4.78 is 11.6. The fourth-order valence-corrected chi connectivity index (χ4v) is 4.33. The number of aromatic amines is 1. The van der Waals surface area contributed by atoms with Gasteiger partial charge in [-0.1, -0.05) is 30.3 Å². The number of carbonyl (C=O) groups is 1. The first-order valence-corrected chi connectivity index (χ1v) is 11.5. The summed E-state index contributed by atoms with van der Waals surface area (Å²) in [6, 6.07) is 16.8. The van der Waals surface area contributed by atoms with Crippen LogP contribution in [0.4, 0.5) is 5.69 Å². The number of ketones is 1. The molecule has 1 atom stereocenters. The zero-order valence-corrected chi connectivity index (χ0v) is 18.8.